The average Bonchev–Trinajstić information content (AvgIpc) is 2.27. The van der Waals surface area contributed by atoms with Gasteiger partial charge in [-0.2, -0.15) is 0 Å². The molecule has 0 N–H and O–H groups in total. The van der Waals surface area contributed by atoms with E-state index in [0.717, 1.165) is 18.4 Å². The average molecular weight is 297 g/mol. The summed E-state index contributed by atoms with van der Waals surface area (Å²) < 4.78 is 0. The zero-order valence-corrected chi connectivity index (χ0v) is 12.7. The molecule has 1 aromatic rings. The fourth-order valence-corrected chi connectivity index (χ4v) is 2.42. The third-order valence-corrected chi connectivity index (χ3v) is 3.74. The predicted octanol–water partition coefficient (Wildman–Crippen LogP) is 4.73. The Hall–Kier alpha value is -0.630. The highest BCUT2D eigenvalue weighted by molar-refractivity contribution is 9.10. The minimum atomic E-state index is -0.0482. The van der Waals surface area contributed by atoms with Gasteiger partial charge in [-0.1, -0.05) is 74.3 Å². The second-order valence-corrected chi connectivity index (χ2v) is 6.55. The van der Waals surface area contributed by atoms with Crippen molar-refractivity contribution in [2.24, 2.45) is 0 Å². The Morgan fingerprint density at radius 2 is 1.76 bits per heavy atom. The number of halogens is 1. The first kappa shape index (κ1) is 14.4. The third-order valence-electron chi connectivity index (χ3n) is 2.86. The molecular formula is C15H21BrO. The quantitative estimate of drug-likeness (QED) is 0.580. The van der Waals surface area contributed by atoms with Crippen molar-refractivity contribution in [1.29, 1.82) is 0 Å². The Labute approximate surface area is 113 Å². The van der Waals surface area contributed by atoms with E-state index >= 15 is 0 Å². The molecule has 1 rings (SSSR count). The van der Waals surface area contributed by atoms with E-state index in [1.165, 1.54) is 5.56 Å². The van der Waals surface area contributed by atoms with Crippen LogP contribution in [-0.4, -0.2) is 10.6 Å². The number of benzene rings is 1. The zero-order chi connectivity index (χ0) is 13.1. The van der Waals surface area contributed by atoms with E-state index in [1.807, 2.05) is 12.1 Å². The molecule has 0 fully saturated rings. The van der Waals surface area contributed by atoms with Crippen molar-refractivity contribution in [3.05, 3.63) is 35.4 Å². The lowest BCUT2D eigenvalue weighted by Gasteiger charge is -2.19. The molecule has 1 nitrogen and oxygen atoms in total. The zero-order valence-electron chi connectivity index (χ0n) is 11.1. The normalized spacial score (nSPS) is 13.5. The molecule has 94 valence electrons. The van der Waals surface area contributed by atoms with Gasteiger partial charge in [0.2, 0.25) is 0 Å². The summed E-state index contributed by atoms with van der Waals surface area (Å²) >= 11 is 3.45. The second kappa shape index (κ2) is 5.81. The van der Waals surface area contributed by atoms with Crippen molar-refractivity contribution in [2.45, 2.75) is 50.8 Å². The molecule has 0 saturated heterocycles. The summed E-state index contributed by atoms with van der Waals surface area (Å²) in [6.45, 7) is 8.61. The van der Waals surface area contributed by atoms with Gasteiger partial charge < -0.3 is 0 Å². The van der Waals surface area contributed by atoms with Crippen molar-refractivity contribution in [3.8, 4) is 0 Å². The lowest BCUT2D eigenvalue weighted by molar-refractivity contribution is 0.0988. The van der Waals surface area contributed by atoms with E-state index in [0.29, 0.717) is 0 Å². The summed E-state index contributed by atoms with van der Waals surface area (Å²) in [6.07, 6.45) is 1.90. The Morgan fingerprint density at radius 1 is 1.24 bits per heavy atom. The lowest BCUT2D eigenvalue weighted by atomic mass is 9.86. The van der Waals surface area contributed by atoms with Gasteiger partial charge in [0.1, 0.15) is 0 Å². The van der Waals surface area contributed by atoms with Crippen LogP contribution >= 0.6 is 15.9 Å². The van der Waals surface area contributed by atoms with Gasteiger partial charge in [0.15, 0.2) is 5.78 Å². The molecule has 1 unspecified atom stereocenters. The molecule has 0 saturated carbocycles. The Kier molecular flexibility index (Phi) is 4.93. The van der Waals surface area contributed by atoms with Gasteiger partial charge in [-0.25, -0.2) is 0 Å². The molecular weight excluding hydrogens is 276 g/mol. The van der Waals surface area contributed by atoms with Crippen LogP contribution in [0.15, 0.2) is 24.3 Å². The van der Waals surface area contributed by atoms with E-state index in [9.17, 15) is 4.79 Å². The molecule has 0 aliphatic rings. The topological polar surface area (TPSA) is 17.1 Å². The number of ketones is 1. The highest BCUT2D eigenvalue weighted by Crippen LogP contribution is 2.23. The number of alkyl halides is 1. The van der Waals surface area contributed by atoms with Gasteiger partial charge in [0.05, 0.1) is 4.83 Å². The Bertz CT molecular complexity index is 373. The molecule has 0 aromatic heterocycles. The van der Waals surface area contributed by atoms with Crippen LogP contribution in [0.3, 0.4) is 0 Å². The van der Waals surface area contributed by atoms with E-state index < -0.39 is 0 Å². The van der Waals surface area contributed by atoms with E-state index in [1.54, 1.807) is 0 Å². The molecule has 17 heavy (non-hydrogen) atoms. The van der Waals surface area contributed by atoms with Crippen LogP contribution in [0.25, 0.3) is 0 Å². The molecule has 0 radical (unpaired) electrons. The number of hydrogen-bond donors (Lipinski definition) is 0. The maximum Gasteiger partial charge on any atom is 0.176 e. The molecule has 0 spiro atoms. The van der Waals surface area contributed by atoms with E-state index in [2.05, 4.69) is 55.8 Å². The smallest absolute Gasteiger partial charge is 0.176 e. The van der Waals surface area contributed by atoms with Crippen molar-refractivity contribution < 1.29 is 4.79 Å². The number of carbonyl (C=O) groups excluding carboxylic acids is 1. The predicted molar refractivity (Wildman–Crippen MR) is 77.1 cm³/mol. The summed E-state index contributed by atoms with van der Waals surface area (Å²) in [4.78, 5) is 12.0. The van der Waals surface area contributed by atoms with Gasteiger partial charge in [0, 0.05) is 5.56 Å². The number of carbonyl (C=O) groups is 1. The minimum Gasteiger partial charge on any atom is -0.293 e. The van der Waals surface area contributed by atoms with Gasteiger partial charge in [-0.05, 0) is 17.4 Å². The first-order valence-corrected chi connectivity index (χ1v) is 7.06. The highest BCUT2D eigenvalue weighted by Gasteiger charge is 2.17. The first-order valence-electron chi connectivity index (χ1n) is 6.15. The van der Waals surface area contributed by atoms with Crippen LogP contribution in [0.1, 0.15) is 56.5 Å². The second-order valence-electron chi connectivity index (χ2n) is 5.45. The van der Waals surface area contributed by atoms with Crippen molar-refractivity contribution >= 4 is 21.7 Å². The fraction of sp³-hybridized carbons (Fsp3) is 0.533. The number of Topliss-reactive ketones (excluding diaryl/α,β-unsaturated/α-hetero) is 1. The first-order chi connectivity index (χ1) is 7.86. The SMILES string of the molecule is CCCC(Br)C(=O)c1ccc(C(C)(C)C)cc1. The molecule has 0 amide bonds. The fourth-order valence-electron chi connectivity index (χ4n) is 1.70. The summed E-state index contributed by atoms with van der Waals surface area (Å²) in [7, 11) is 0. The summed E-state index contributed by atoms with van der Waals surface area (Å²) in [5.74, 6) is 0.187. The molecule has 0 aliphatic heterocycles. The van der Waals surface area contributed by atoms with Gasteiger partial charge in [0.25, 0.3) is 0 Å². The van der Waals surface area contributed by atoms with Crippen LogP contribution in [-0.2, 0) is 5.41 Å². The summed E-state index contributed by atoms with van der Waals surface area (Å²) in [5.41, 5.74) is 2.20. The molecule has 0 aliphatic carbocycles. The Balaban J connectivity index is 2.84. The number of rotatable bonds is 4. The molecule has 2 heteroatoms. The van der Waals surface area contributed by atoms with Gasteiger partial charge in [-0.15, -0.1) is 0 Å². The van der Waals surface area contributed by atoms with Crippen molar-refractivity contribution in [3.63, 3.8) is 0 Å². The van der Waals surface area contributed by atoms with Crippen LogP contribution in [0.4, 0.5) is 0 Å². The third kappa shape index (κ3) is 3.95. The number of hydrogen-bond acceptors (Lipinski definition) is 1. The molecule has 1 aromatic carbocycles. The molecule has 1 atom stereocenters. The van der Waals surface area contributed by atoms with E-state index in [4.69, 9.17) is 0 Å². The largest absolute Gasteiger partial charge is 0.293 e. The van der Waals surface area contributed by atoms with Crippen molar-refractivity contribution in [1.82, 2.24) is 0 Å². The monoisotopic (exact) mass is 296 g/mol. The lowest BCUT2D eigenvalue weighted by Crippen LogP contribution is -2.15. The van der Waals surface area contributed by atoms with Crippen LogP contribution in [0.2, 0.25) is 0 Å². The highest BCUT2D eigenvalue weighted by atomic mass is 79.9. The summed E-state index contributed by atoms with van der Waals surface area (Å²) in [6, 6.07) is 7.98. The Morgan fingerprint density at radius 3 is 2.18 bits per heavy atom. The molecule has 0 heterocycles. The minimum absolute atomic E-state index is 0.0482. The molecule has 0 bridgehead atoms. The van der Waals surface area contributed by atoms with Crippen molar-refractivity contribution in [2.75, 3.05) is 0 Å². The maximum atomic E-state index is 12.0. The van der Waals surface area contributed by atoms with Crippen LogP contribution < -0.4 is 0 Å². The summed E-state index contributed by atoms with van der Waals surface area (Å²) in [5, 5.41) is 0. The van der Waals surface area contributed by atoms with E-state index in [-0.39, 0.29) is 16.0 Å². The van der Waals surface area contributed by atoms with Crippen LogP contribution in [0, 0.1) is 0 Å². The van der Waals surface area contributed by atoms with Gasteiger partial charge in [-0.3, -0.25) is 4.79 Å². The van der Waals surface area contributed by atoms with Gasteiger partial charge >= 0.3 is 0 Å². The maximum absolute atomic E-state index is 12.0. The standard InChI is InChI=1S/C15H21BrO/c1-5-6-13(16)14(17)11-7-9-12(10-8-11)15(2,3)4/h7-10,13H,5-6H2,1-4H3. The van der Waals surface area contributed by atoms with Crippen LogP contribution in [0.5, 0.6) is 0 Å².